The van der Waals surface area contributed by atoms with Gasteiger partial charge in [-0.25, -0.2) is 4.79 Å². The lowest BCUT2D eigenvalue weighted by Crippen LogP contribution is -2.47. The maximum atomic E-state index is 11.0. The predicted octanol–water partition coefficient (Wildman–Crippen LogP) is 2.19. The van der Waals surface area contributed by atoms with Gasteiger partial charge in [-0.3, -0.25) is 0 Å². The molecule has 3 N–H and O–H groups in total. The molecule has 4 nitrogen and oxygen atoms in total. The molecule has 1 aliphatic heterocycles. The van der Waals surface area contributed by atoms with Gasteiger partial charge in [0.1, 0.15) is 0 Å². The smallest absolute Gasteiger partial charge is 0.314 e. The van der Waals surface area contributed by atoms with E-state index < -0.39 is 0 Å². The number of hydrogen-bond donors (Lipinski definition) is 2. The highest BCUT2D eigenvalue weighted by molar-refractivity contribution is 9.11. The number of nitrogens with one attached hydrogen (secondary N) is 1. The Morgan fingerprint density at radius 2 is 2.22 bits per heavy atom. The van der Waals surface area contributed by atoms with E-state index >= 15 is 0 Å². The van der Waals surface area contributed by atoms with Crippen LogP contribution in [-0.4, -0.2) is 36.6 Å². The summed E-state index contributed by atoms with van der Waals surface area (Å²) in [6.45, 7) is 2.54. The molecule has 0 atom stereocenters. The summed E-state index contributed by atoms with van der Waals surface area (Å²) in [6, 6.07) is 4.47. The number of nitrogens with zero attached hydrogens (tertiary/aromatic N) is 1. The Bertz CT molecular complexity index is 402. The van der Waals surface area contributed by atoms with Gasteiger partial charge >= 0.3 is 6.03 Å². The van der Waals surface area contributed by atoms with Crippen LogP contribution in [0.1, 0.15) is 17.7 Å². The molecule has 0 radical (unpaired) electrons. The Balaban J connectivity index is 1.65. The van der Waals surface area contributed by atoms with Crippen LogP contribution >= 0.6 is 27.3 Å². The second kappa shape index (κ2) is 6.54. The molecule has 0 spiro atoms. The van der Waals surface area contributed by atoms with Crippen LogP contribution in [0.25, 0.3) is 0 Å². The van der Waals surface area contributed by atoms with Gasteiger partial charge in [0.05, 0.1) is 3.79 Å². The number of thiophene rings is 1. The lowest BCUT2D eigenvalue weighted by molar-refractivity contribution is 0.185. The third kappa shape index (κ3) is 3.96. The van der Waals surface area contributed by atoms with Crippen molar-refractivity contribution in [1.29, 1.82) is 0 Å². The maximum absolute atomic E-state index is 11.0. The van der Waals surface area contributed by atoms with Crippen molar-refractivity contribution in [2.24, 2.45) is 5.73 Å². The SMILES string of the molecule is NC(=O)N1CCC(NCCc2ccc(Br)s2)CC1. The predicted molar refractivity (Wildman–Crippen MR) is 77.9 cm³/mol. The molecular formula is C12H18BrN3OS. The minimum atomic E-state index is -0.295. The van der Waals surface area contributed by atoms with Gasteiger partial charge in [-0.1, -0.05) is 0 Å². The topological polar surface area (TPSA) is 58.4 Å². The zero-order valence-electron chi connectivity index (χ0n) is 10.2. The second-order valence-corrected chi connectivity index (χ2v) is 7.06. The summed E-state index contributed by atoms with van der Waals surface area (Å²) < 4.78 is 1.19. The van der Waals surface area contributed by atoms with Crippen LogP contribution in [0.4, 0.5) is 4.79 Å². The third-order valence-corrected chi connectivity index (χ3v) is 4.92. The van der Waals surface area contributed by atoms with Crippen LogP contribution < -0.4 is 11.1 Å². The molecule has 0 aliphatic carbocycles. The average Bonchev–Trinajstić information content (AvgIpc) is 2.76. The summed E-state index contributed by atoms with van der Waals surface area (Å²) in [4.78, 5) is 14.1. The number of carbonyl (C=O) groups is 1. The number of rotatable bonds is 4. The molecule has 0 saturated carbocycles. The first-order chi connectivity index (χ1) is 8.65. The lowest BCUT2D eigenvalue weighted by Gasteiger charge is -2.31. The van der Waals surface area contributed by atoms with E-state index in [4.69, 9.17) is 5.73 Å². The van der Waals surface area contributed by atoms with Crippen molar-refractivity contribution >= 4 is 33.3 Å². The van der Waals surface area contributed by atoms with Crippen molar-refractivity contribution in [2.75, 3.05) is 19.6 Å². The number of hydrogen-bond acceptors (Lipinski definition) is 3. The van der Waals surface area contributed by atoms with E-state index in [-0.39, 0.29) is 6.03 Å². The van der Waals surface area contributed by atoms with E-state index in [1.807, 2.05) is 0 Å². The summed E-state index contributed by atoms with van der Waals surface area (Å²) >= 11 is 5.26. The molecule has 1 aromatic rings. The van der Waals surface area contributed by atoms with Gasteiger partial charge in [0, 0.05) is 30.6 Å². The number of urea groups is 1. The van der Waals surface area contributed by atoms with Crippen molar-refractivity contribution in [2.45, 2.75) is 25.3 Å². The molecule has 18 heavy (non-hydrogen) atoms. The molecule has 1 saturated heterocycles. The van der Waals surface area contributed by atoms with E-state index in [9.17, 15) is 4.79 Å². The van der Waals surface area contributed by atoms with E-state index in [2.05, 4.69) is 33.4 Å². The van der Waals surface area contributed by atoms with Crippen LogP contribution in [0.5, 0.6) is 0 Å². The summed E-state index contributed by atoms with van der Waals surface area (Å²) in [5, 5.41) is 3.55. The highest BCUT2D eigenvalue weighted by atomic mass is 79.9. The highest BCUT2D eigenvalue weighted by Gasteiger charge is 2.20. The van der Waals surface area contributed by atoms with Crippen molar-refractivity contribution in [3.05, 3.63) is 20.8 Å². The number of primary amides is 1. The molecule has 0 unspecified atom stereocenters. The van der Waals surface area contributed by atoms with Crippen LogP contribution in [0.15, 0.2) is 15.9 Å². The molecule has 0 aromatic carbocycles. The Morgan fingerprint density at radius 3 is 2.78 bits per heavy atom. The van der Waals surface area contributed by atoms with Crippen molar-refractivity contribution < 1.29 is 4.79 Å². The number of halogens is 1. The quantitative estimate of drug-likeness (QED) is 0.888. The molecule has 2 rings (SSSR count). The van der Waals surface area contributed by atoms with Crippen molar-refractivity contribution in [3.63, 3.8) is 0 Å². The Kier molecular flexibility index (Phi) is 5.03. The van der Waals surface area contributed by atoms with Gasteiger partial charge < -0.3 is 16.0 Å². The van der Waals surface area contributed by atoms with Gasteiger partial charge in [-0.2, -0.15) is 0 Å². The van der Waals surface area contributed by atoms with Crippen molar-refractivity contribution in [3.8, 4) is 0 Å². The largest absolute Gasteiger partial charge is 0.351 e. The number of amides is 2. The standard InChI is InChI=1S/C12H18BrN3OS/c13-11-2-1-10(18-11)3-6-15-9-4-7-16(8-5-9)12(14)17/h1-2,9,15H,3-8H2,(H2,14,17). The zero-order chi connectivity index (χ0) is 13.0. The molecule has 1 aromatic heterocycles. The fourth-order valence-corrected chi connectivity index (χ4v) is 3.67. The van der Waals surface area contributed by atoms with Crippen LogP contribution in [-0.2, 0) is 6.42 Å². The number of likely N-dealkylation sites (tertiary alicyclic amines) is 1. The van der Waals surface area contributed by atoms with Crippen LogP contribution in [0.3, 0.4) is 0 Å². The summed E-state index contributed by atoms with van der Waals surface area (Å²) in [5.74, 6) is 0. The minimum Gasteiger partial charge on any atom is -0.351 e. The van der Waals surface area contributed by atoms with E-state index in [1.54, 1.807) is 16.2 Å². The highest BCUT2D eigenvalue weighted by Crippen LogP contribution is 2.22. The Morgan fingerprint density at radius 1 is 1.50 bits per heavy atom. The molecule has 2 heterocycles. The number of carbonyl (C=O) groups excluding carboxylic acids is 1. The van der Waals surface area contributed by atoms with E-state index in [0.717, 1.165) is 38.9 Å². The Hall–Kier alpha value is -0.590. The first-order valence-electron chi connectivity index (χ1n) is 6.17. The van der Waals surface area contributed by atoms with Crippen molar-refractivity contribution in [1.82, 2.24) is 10.2 Å². The minimum absolute atomic E-state index is 0.295. The molecule has 100 valence electrons. The van der Waals surface area contributed by atoms with Gasteiger partial charge in [-0.15, -0.1) is 11.3 Å². The van der Waals surface area contributed by atoms with Gasteiger partial charge in [0.15, 0.2) is 0 Å². The normalized spacial score (nSPS) is 17.1. The molecule has 1 aliphatic rings. The monoisotopic (exact) mass is 331 g/mol. The zero-order valence-corrected chi connectivity index (χ0v) is 12.6. The fourth-order valence-electron chi connectivity index (χ4n) is 2.19. The maximum Gasteiger partial charge on any atom is 0.314 e. The lowest BCUT2D eigenvalue weighted by atomic mass is 10.1. The van der Waals surface area contributed by atoms with Gasteiger partial charge in [0.2, 0.25) is 0 Å². The summed E-state index contributed by atoms with van der Waals surface area (Å²) in [5.41, 5.74) is 5.25. The van der Waals surface area contributed by atoms with E-state index in [1.165, 1.54) is 8.66 Å². The fraction of sp³-hybridized carbons (Fsp3) is 0.583. The summed E-state index contributed by atoms with van der Waals surface area (Å²) in [6.07, 6.45) is 3.06. The van der Waals surface area contributed by atoms with Gasteiger partial charge in [0.25, 0.3) is 0 Å². The summed E-state index contributed by atoms with van der Waals surface area (Å²) in [7, 11) is 0. The second-order valence-electron chi connectivity index (χ2n) is 4.51. The van der Waals surface area contributed by atoms with E-state index in [0.29, 0.717) is 6.04 Å². The van der Waals surface area contributed by atoms with Crippen LogP contribution in [0, 0.1) is 0 Å². The molecule has 1 fully saturated rings. The molecule has 0 bridgehead atoms. The first-order valence-corrected chi connectivity index (χ1v) is 7.78. The average molecular weight is 332 g/mol. The molecule has 2 amide bonds. The Labute approximate surface area is 120 Å². The molecular weight excluding hydrogens is 314 g/mol. The number of piperidine rings is 1. The van der Waals surface area contributed by atoms with Gasteiger partial charge in [-0.05, 0) is 47.3 Å². The number of nitrogens with two attached hydrogens (primary N) is 1. The van der Waals surface area contributed by atoms with Crippen LogP contribution in [0.2, 0.25) is 0 Å². The third-order valence-electron chi connectivity index (χ3n) is 3.24. The first kappa shape index (κ1) is 13.8. The molecule has 6 heteroatoms.